The molecular formula is C26H41OSi. The molecular weight excluding hydrogens is 356 g/mol. The molecule has 28 heavy (non-hydrogen) atoms. The third kappa shape index (κ3) is 3.53. The fourth-order valence-corrected chi connectivity index (χ4v) is 7.04. The first kappa shape index (κ1) is 23.0. The fourth-order valence-electron chi connectivity index (χ4n) is 5.25. The van der Waals surface area contributed by atoms with E-state index < -0.39 is 8.80 Å². The molecule has 1 atom stereocenters. The van der Waals surface area contributed by atoms with Crippen LogP contribution in [0.2, 0.25) is 13.1 Å². The van der Waals surface area contributed by atoms with E-state index in [1.54, 1.807) is 5.19 Å². The summed E-state index contributed by atoms with van der Waals surface area (Å²) in [5.41, 5.74) is 10.2. The van der Waals surface area contributed by atoms with Crippen molar-refractivity contribution < 1.29 is 4.74 Å². The van der Waals surface area contributed by atoms with Gasteiger partial charge in [-0.15, -0.1) is 0 Å². The number of hydrogen-bond acceptors (Lipinski definition) is 1. The number of ether oxygens (including phenoxy) is 1. The third-order valence-corrected chi connectivity index (χ3v) is 8.54. The van der Waals surface area contributed by atoms with Crippen LogP contribution in [-0.2, 0) is 10.8 Å². The number of methoxy groups -OCH3 is 1. The quantitative estimate of drug-likeness (QED) is 0.505. The van der Waals surface area contributed by atoms with Crippen LogP contribution in [-0.4, -0.2) is 15.9 Å². The minimum atomic E-state index is -0.656. The first-order valence-electron chi connectivity index (χ1n) is 10.6. The maximum absolute atomic E-state index is 6.20. The van der Waals surface area contributed by atoms with E-state index in [2.05, 4.69) is 88.4 Å². The largest absolute Gasteiger partial charge is 0.496 e. The minimum absolute atomic E-state index is 0.0427. The van der Waals surface area contributed by atoms with Gasteiger partial charge in [0.15, 0.2) is 0 Å². The Morgan fingerprint density at radius 2 is 1.46 bits per heavy atom. The van der Waals surface area contributed by atoms with Gasteiger partial charge in [-0.2, -0.15) is 0 Å². The molecule has 1 aromatic rings. The zero-order valence-corrected chi connectivity index (χ0v) is 21.6. The second-order valence-electron chi connectivity index (χ2n) is 10.5. The number of hydrogen-bond donors (Lipinski definition) is 0. The molecule has 2 heteroatoms. The summed E-state index contributed by atoms with van der Waals surface area (Å²) in [6.07, 6.45) is 0. The average Bonchev–Trinajstić information content (AvgIpc) is 2.76. The molecule has 1 aliphatic carbocycles. The van der Waals surface area contributed by atoms with E-state index >= 15 is 0 Å². The molecule has 0 heterocycles. The maximum atomic E-state index is 6.20. The number of rotatable bonds is 4. The molecule has 0 N–H and O–H groups in total. The van der Waals surface area contributed by atoms with Gasteiger partial charge in [0.25, 0.3) is 0 Å². The zero-order valence-electron chi connectivity index (χ0n) is 20.6. The predicted molar refractivity (Wildman–Crippen MR) is 127 cm³/mol. The van der Waals surface area contributed by atoms with Gasteiger partial charge in [0.2, 0.25) is 0 Å². The van der Waals surface area contributed by atoms with Crippen molar-refractivity contribution in [1.82, 2.24) is 0 Å². The summed E-state index contributed by atoms with van der Waals surface area (Å²) in [7, 11) is 1.20. The molecule has 0 amide bonds. The molecule has 0 aliphatic heterocycles. The van der Waals surface area contributed by atoms with Gasteiger partial charge in [0.05, 0.1) is 15.9 Å². The van der Waals surface area contributed by atoms with E-state index in [0.29, 0.717) is 5.92 Å². The van der Waals surface area contributed by atoms with E-state index in [1.165, 1.54) is 39.0 Å². The second kappa shape index (κ2) is 7.52. The summed E-state index contributed by atoms with van der Waals surface area (Å²) >= 11 is 0. The van der Waals surface area contributed by atoms with Crippen LogP contribution in [0.3, 0.4) is 0 Å². The van der Waals surface area contributed by atoms with Crippen molar-refractivity contribution in [3.8, 4) is 5.75 Å². The van der Waals surface area contributed by atoms with Crippen molar-refractivity contribution in [1.29, 1.82) is 0 Å². The summed E-state index contributed by atoms with van der Waals surface area (Å²) < 4.78 is 6.20. The van der Waals surface area contributed by atoms with Gasteiger partial charge in [0.1, 0.15) is 5.75 Å². The Bertz CT molecular complexity index is 844. The molecule has 0 bridgehead atoms. The summed E-state index contributed by atoms with van der Waals surface area (Å²) in [5.74, 6) is 1.64. The smallest absolute Gasteiger partial charge is 0.126 e. The van der Waals surface area contributed by atoms with Gasteiger partial charge < -0.3 is 4.74 Å². The van der Waals surface area contributed by atoms with Crippen LogP contribution in [0.15, 0.2) is 28.4 Å². The van der Waals surface area contributed by atoms with Gasteiger partial charge >= 0.3 is 0 Å². The predicted octanol–water partition coefficient (Wildman–Crippen LogP) is 6.84. The summed E-state index contributed by atoms with van der Waals surface area (Å²) in [4.78, 5) is 0. The van der Waals surface area contributed by atoms with Gasteiger partial charge in [0, 0.05) is 16.5 Å². The normalized spacial score (nSPS) is 18.6. The first-order valence-corrected chi connectivity index (χ1v) is 13.1. The highest BCUT2D eigenvalue weighted by atomic mass is 28.3. The van der Waals surface area contributed by atoms with Crippen LogP contribution in [0.5, 0.6) is 5.75 Å². The van der Waals surface area contributed by atoms with Crippen molar-refractivity contribution in [3.63, 3.8) is 0 Å². The molecule has 1 aliphatic rings. The molecule has 1 unspecified atom stereocenters. The molecule has 0 saturated heterocycles. The van der Waals surface area contributed by atoms with E-state index in [0.717, 1.165) is 5.75 Å². The van der Waals surface area contributed by atoms with Crippen molar-refractivity contribution >= 4 is 14.0 Å². The number of benzene rings is 1. The SMILES string of the molecule is COc1c(C(C)(C)C)cc(C)c([Si](C)C)c1C(C)(C)C1=C(C)C(C)C(C)=C1C. The molecule has 2 rings (SSSR count). The lowest BCUT2D eigenvalue weighted by Gasteiger charge is -2.37. The second-order valence-corrected chi connectivity index (χ2v) is 13.0. The van der Waals surface area contributed by atoms with Crippen LogP contribution < -0.4 is 9.92 Å². The molecule has 0 saturated carbocycles. The summed E-state index contributed by atoms with van der Waals surface area (Å²) in [5, 5.41) is 1.55. The maximum Gasteiger partial charge on any atom is 0.126 e. The first-order chi connectivity index (χ1) is 12.7. The number of allylic oxidation sites excluding steroid dienone is 4. The Hall–Kier alpha value is -1.28. The summed E-state index contributed by atoms with van der Waals surface area (Å²) in [6, 6.07) is 2.39. The minimum Gasteiger partial charge on any atom is -0.496 e. The monoisotopic (exact) mass is 397 g/mol. The average molecular weight is 398 g/mol. The van der Waals surface area contributed by atoms with Crippen LogP contribution in [0.25, 0.3) is 0 Å². The zero-order chi connectivity index (χ0) is 21.8. The highest BCUT2D eigenvalue weighted by molar-refractivity contribution is 6.71. The molecule has 1 aromatic carbocycles. The van der Waals surface area contributed by atoms with Crippen LogP contribution >= 0.6 is 0 Å². The van der Waals surface area contributed by atoms with E-state index in [4.69, 9.17) is 4.74 Å². The molecule has 0 aromatic heterocycles. The van der Waals surface area contributed by atoms with Gasteiger partial charge in [-0.1, -0.05) is 82.6 Å². The Kier molecular flexibility index (Phi) is 6.17. The van der Waals surface area contributed by atoms with Crippen molar-refractivity contribution in [2.45, 2.75) is 93.2 Å². The Morgan fingerprint density at radius 1 is 0.929 bits per heavy atom. The third-order valence-electron chi connectivity index (χ3n) is 6.90. The lowest BCUT2D eigenvalue weighted by Crippen LogP contribution is -2.39. The van der Waals surface area contributed by atoms with E-state index in [9.17, 15) is 0 Å². The van der Waals surface area contributed by atoms with Crippen LogP contribution in [0.4, 0.5) is 0 Å². The molecule has 155 valence electrons. The Morgan fingerprint density at radius 3 is 1.82 bits per heavy atom. The van der Waals surface area contributed by atoms with Gasteiger partial charge in [-0.25, -0.2) is 0 Å². The van der Waals surface area contributed by atoms with E-state index in [-0.39, 0.29) is 10.8 Å². The van der Waals surface area contributed by atoms with Gasteiger partial charge in [-0.3, -0.25) is 0 Å². The number of aryl methyl sites for hydroxylation is 1. The highest BCUT2D eigenvalue weighted by Crippen LogP contribution is 2.50. The van der Waals surface area contributed by atoms with Crippen molar-refractivity contribution in [2.75, 3.05) is 7.11 Å². The van der Waals surface area contributed by atoms with Crippen LogP contribution in [0.1, 0.15) is 79.0 Å². The van der Waals surface area contributed by atoms with Gasteiger partial charge in [-0.05, 0) is 50.2 Å². The Labute approximate surface area is 175 Å². The van der Waals surface area contributed by atoms with E-state index in [1.807, 2.05) is 7.11 Å². The van der Waals surface area contributed by atoms with Crippen molar-refractivity contribution in [2.24, 2.45) is 5.92 Å². The lowest BCUT2D eigenvalue weighted by atomic mass is 9.71. The molecule has 0 spiro atoms. The fraction of sp³-hybridized carbons (Fsp3) is 0.615. The molecule has 1 radical (unpaired) electrons. The highest BCUT2D eigenvalue weighted by Gasteiger charge is 2.40. The molecule has 0 fully saturated rings. The van der Waals surface area contributed by atoms with Crippen LogP contribution in [0, 0.1) is 12.8 Å². The topological polar surface area (TPSA) is 9.23 Å². The molecule has 1 nitrogen and oxygen atoms in total. The van der Waals surface area contributed by atoms with Crippen molar-refractivity contribution in [3.05, 3.63) is 45.0 Å². The Balaban J connectivity index is 3.00. The lowest BCUT2D eigenvalue weighted by molar-refractivity contribution is 0.384. The summed E-state index contributed by atoms with van der Waals surface area (Å²) in [6.45, 7) is 28.1. The standard InChI is InChI=1S/C26H41OSi/c1-15-14-20(25(6,7)8)23(27-11)22(24(15)28(12)13)26(9,10)21-18(4)16(2)17(3)19(21)5/h14,16H,1-13H3.